The van der Waals surface area contributed by atoms with Crippen molar-refractivity contribution in [2.24, 2.45) is 5.92 Å². The number of piperazine rings is 1. The Morgan fingerprint density at radius 2 is 2.04 bits per heavy atom. The van der Waals surface area contributed by atoms with Crippen LogP contribution in [0, 0.1) is 5.92 Å². The minimum Gasteiger partial charge on any atom is -0.466 e. The van der Waals surface area contributed by atoms with Gasteiger partial charge in [0.2, 0.25) is 11.8 Å². The molecule has 1 unspecified atom stereocenters. The minimum absolute atomic E-state index is 0.00617. The number of carbonyl (C=O) groups excluding carboxylic acids is 4. The third kappa shape index (κ3) is 8.47. The quantitative estimate of drug-likeness (QED) is 0.332. The fraction of sp³-hybridized carbons (Fsp3) is 0.611. The van der Waals surface area contributed by atoms with Crippen LogP contribution in [0.3, 0.4) is 0 Å². The van der Waals surface area contributed by atoms with Gasteiger partial charge in [0, 0.05) is 25.2 Å². The predicted molar refractivity (Wildman–Crippen MR) is 105 cm³/mol. The molecule has 0 radical (unpaired) electrons. The van der Waals surface area contributed by atoms with E-state index in [1.54, 1.807) is 6.92 Å². The summed E-state index contributed by atoms with van der Waals surface area (Å²) < 4.78 is 9.84. The molecule has 28 heavy (non-hydrogen) atoms. The number of ether oxygens (including phenoxy) is 2. The third-order valence-corrected chi connectivity index (χ3v) is 4.13. The van der Waals surface area contributed by atoms with Gasteiger partial charge in [-0.1, -0.05) is 13.8 Å². The molecule has 2 amide bonds. The molecule has 0 aromatic rings. The van der Waals surface area contributed by atoms with Crippen molar-refractivity contribution in [1.29, 1.82) is 0 Å². The van der Waals surface area contributed by atoms with E-state index in [2.05, 4.69) is 15.4 Å². The molecule has 156 valence electrons. The molecule has 1 saturated heterocycles. The number of thiocarbonyl (C=S) groups is 1. The molecular weight excluding hydrogens is 386 g/mol. The van der Waals surface area contributed by atoms with Crippen molar-refractivity contribution in [3.63, 3.8) is 0 Å². The van der Waals surface area contributed by atoms with Crippen molar-refractivity contribution in [2.75, 3.05) is 26.3 Å². The summed E-state index contributed by atoms with van der Waals surface area (Å²) in [6, 6.07) is -0.873. The fourth-order valence-electron chi connectivity index (χ4n) is 2.34. The van der Waals surface area contributed by atoms with Crippen molar-refractivity contribution < 1.29 is 28.7 Å². The number of rotatable bonds is 8. The standard InChI is InChI=1S/C18H27N3O6S/c1-4-26-15(23)6-5-14(22)20-18(28)21-9-8-19-17(25)13(21)11-16(24)27-10-7-12(2)3/h5-6,12-13H,4,7-11H2,1-3H3,(H,19,25)(H,20,22,28)/b6-5+. The van der Waals surface area contributed by atoms with Crippen molar-refractivity contribution in [3.8, 4) is 0 Å². The lowest BCUT2D eigenvalue weighted by Crippen LogP contribution is -2.60. The Morgan fingerprint density at radius 3 is 2.68 bits per heavy atom. The SMILES string of the molecule is CCOC(=O)/C=C/C(=O)NC(=S)N1CCNC(=O)C1CC(=O)OCCC(C)C. The number of nitrogens with zero attached hydrogens (tertiary/aromatic N) is 1. The van der Waals surface area contributed by atoms with Crippen LogP contribution in [-0.2, 0) is 28.7 Å². The van der Waals surface area contributed by atoms with E-state index in [0.717, 1.165) is 18.6 Å². The molecule has 0 spiro atoms. The molecule has 0 aromatic carbocycles. The normalized spacial score (nSPS) is 16.6. The van der Waals surface area contributed by atoms with Crippen LogP contribution in [0.5, 0.6) is 0 Å². The smallest absolute Gasteiger partial charge is 0.330 e. The number of esters is 2. The summed E-state index contributed by atoms with van der Waals surface area (Å²) in [6.07, 6.45) is 2.52. The monoisotopic (exact) mass is 413 g/mol. The molecule has 2 N–H and O–H groups in total. The molecule has 9 nitrogen and oxygen atoms in total. The lowest BCUT2D eigenvalue weighted by atomic mass is 10.1. The van der Waals surface area contributed by atoms with Gasteiger partial charge in [0.25, 0.3) is 0 Å². The molecule has 0 aliphatic carbocycles. The highest BCUT2D eigenvalue weighted by Gasteiger charge is 2.34. The first-order valence-electron chi connectivity index (χ1n) is 9.14. The Kier molecular flexibility index (Phi) is 10.1. The average molecular weight is 413 g/mol. The van der Waals surface area contributed by atoms with Crippen LogP contribution in [0.1, 0.15) is 33.6 Å². The molecule has 1 fully saturated rings. The largest absolute Gasteiger partial charge is 0.466 e. The lowest BCUT2D eigenvalue weighted by Gasteiger charge is -2.36. The van der Waals surface area contributed by atoms with E-state index in [1.165, 1.54) is 4.90 Å². The van der Waals surface area contributed by atoms with Gasteiger partial charge in [0.1, 0.15) is 6.04 Å². The number of carbonyl (C=O) groups is 4. The highest BCUT2D eigenvalue weighted by molar-refractivity contribution is 7.80. The van der Waals surface area contributed by atoms with E-state index < -0.39 is 23.9 Å². The third-order valence-electron chi connectivity index (χ3n) is 3.80. The van der Waals surface area contributed by atoms with Crippen molar-refractivity contribution in [3.05, 3.63) is 12.2 Å². The van der Waals surface area contributed by atoms with E-state index in [-0.39, 0.29) is 30.7 Å². The molecule has 0 bridgehead atoms. The first-order valence-corrected chi connectivity index (χ1v) is 9.55. The van der Waals surface area contributed by atoms with Crippen molar-refractivity contribution in [1.82, 2.24) is 15.5 Å². The number of nitrogens with one attached hydrogen (secondary N) is 2. The Balaban J connectivity index is 2.65. The van der Waals surface area contributed by atoms with Crippen LogP contribution in [-0.4, -0.2) is 66.1 Å². The van der Waals surface area contributed by atoms with E-state index in [9.17, 15) is 19.2 Å². The van der Waals surface area contributed by atoms with Gasteiger partial charge in [-0.3, -0.25) is 19.7 Å². The molecule has 0 saturated carbocycles. The maximum absolute atomic E-state index is 12.2. The van der Waals surface area contributed by atoms with Gasteiger partial charge >= 0.3 is 11.9 Å². The predicted octanol–water partition coefficient (Wildman–Crippen LogP) is 0.287. The zero-order valence-electron chi connectivity index (χ0n) is 16.4. The molecule has 1 aliphatic rings. The second kappa shape index (κ2) is 12.1. The second-order valence-electron chi connectivity index (χ2n) is 6.49. The van der Waals surface area contributed by atoms with Crippen LogP contribution in [0.4, 0.5) is 0 Å². The van der Waals surface area contributed by atoms with Gasteiger partial charge in [0.05, 0.1) is 19.6 Å². The lowest BCUT2D eigenvalue weighted by molar-refractivity contribution is -0.147. The van der Waals surface area contributed by atoms with Gasteiger partial charge in [-0.25, -0.2) is 4.79 Å². The van der Waals surface area contributed by atoms with E-state index in [1.807, 2.05) is 13.8 Å². The van der Waals surface area contributed by atoms with Crippen LogP contribution >= 0.6 is 12.2 Å². The van der Waals surface area contributed by atoms with Crippen molar-refractivity contribution in [2.45, 2.75) is 39.7 Å². The van der Waals surface area contributed by atoms with E-state index in [4.69, 9.17) is 17.0 Å². The zero-order chi connectivity index (χ0) is 21.1. The van der Waals surface area contributed by atoms with Gasteiger partial charge in [-0.15, -0.1) is 0 Å². The van der Waals surface area contributed by atoms with Gasteiger partial charge < -0.3 is 19.7 Å². The van der Waals surface area contributed by atoms with Gasteiger partial charge in [-0.2, -0.15) is 0 Å². The topological polar surface area (TPSA) is 114 Å². The molecule has 0 aromatic heterocycles. The summed E-state index contributed by atoms with van der Waals surface area (Å²) in [5.41, 5.74) is 0. The molecular formula is C18H27N3O6S. The average Bonchev–Trinajstić information content (AvgIpc) is 2.61. The van der Waals surface area contributed by atoms with Crippen LogP contribution in [0.2, 0.25) is 0 Å². The van der Waals surface area contributed by atoms with E-state index >= 15 is 0 Å². The number of hydrogen-bond acceptors (Lipinski definition) is 7. The fourth-order valence-corrected chi connectivity index (χ4v) is 2.66. The molecule has 1 atom stereocenters. The summed E-state index contributed by atoms with van der Waals surface area (Å²) in [7, 11) is 0. The summed E-state index contributed by atoms with van der Waals surface area (Å²) >= 11 is 5.20. The first kappa shape index (κ1) is 23.5. The number of amides is 2. The number of hydrogen-bond donors (Lipinski definition) is 2. The maximum Gasteiger partial charge on any atom is 0.330 e. The molecule has 1 aliphatic heterocycles. The summed E-state index contributed by atoms with van der Waals surface area (Å²) in [5, 5.41) is 5.08. The molecule has 10 heteroatoms. The van der Waals surface area contributed by atoms with E-state index in [0.29, 0.717) is 19.0 Å². The zero-order valence-corrected chi connectivity index (χ0v) is 17.2. The Morgan fingerprint density at radius 1 is 1.32 bits per heavy atom. The second-order valence-corrected chi connectivity index (χ2v) is 6.87. The van der Waals surface area contributed by atoms with Crippen LogP contribution in [0.25, 0.3) is 0 Å². The molecule has 1 rings (SSSR count). The highest BCUT2D eigenvalue weighted by Crippen LogP contribution is 2.11. The summed E-state index contributed by atoms with van der Waals surface area (Å²) in [5.74, 6) is -1.77. The highest BCUT2D eigenvalue weighted by atomic mass is 32.1. The minimum atomic E-state index is -0.873. The summed E-state index contributed by atoms with van der Waals surface area (Å²) in [6.45, 7) is 6.81. The molecule has 1 heterocycles. The van der Waals surface area contributed by atoms with Crippen molar-refractivity contribution >= 4 is 41.1 Å². The Hall–Kier alpha value is -2.49. The first-order chi connectivity index (χ1) is 13.2. The maximum atomic E-state index is 12.2. The Labute approximate surface area is 169 Å². The van der Waals surface area contributed by atoms with Crippen LogP contribution in [0.15, 0.2) is 12.2 Å². The Bertz CT molecular complexity index is 635. The summed E-state index contributed by atoms with van der Waals surface area (Å²) in [4.78, 5) is 48.9. The van der Waals surface area contributed by atoms with Gasteiger partial charge in [0.15, 0.2) is 5.11 Å². The van der Waals surface area contributed by atoms with Gasteiger partial charge in [-0.05, 0) is 31.5 Å². The van der Waals surface area contributed by atoms with Crippen LogP contribution < -0.4 is 10.6 Å².